The third-order valence-electron chi connectivity index (χ3n) is 5.23. The molecule has 138 valence electrons. The Morgan fingerprint density at radius 2 is 2.19 bits per heavy atom. The van der Waals surface area contributed by atoms with Crippen LogP contribution in [0.1, 0.15) is 37.3 Å². The smallest absolute Gasteiger partial charge is 0.261 e. The first kappa shape index (κ1) is 17.3. The number of aromatic amines is 1. The van der Waals surface area contributed by atoms with Crippen LogP contribution in [-0.2, 0) is 6.54 Å². The minimum Gasteiger partial charge on any atom is -0.338 e. The first-order valence-corrected chi connectivity index (χ1v) is 9.24. The van der Waals surface area contributed by atoms with Gasteiger partial charge in [-0.15, -0.1) is 0 Å². The lowest BCUT2D eigenvalue weighted by Crippen LogP contribution is -2.26. The first-order valence-electron chi connectivity index (χ1n) is 9.24. The molecule has 0 saturated heterocycles. The molecule has 27 heavy (non-hydrogen) atoms. The van der Waals surface area contributed by atoms with E-state index in [1.807, 2.05) is 35.0 Å². The number of nitrogens with one attached hydrogen (secondary N) is 2. The third kappa shape index (κ3) is 3.20. The Morgan fingerprint density at radius 3 is 3.00 bits per heavy atom. The van der Waals surface area contributed by atoms with Crippen molar-refractivity contribution < 1.29 is 0 Å². The Labute approximate surface area is 157 Å². The Bertz CT molecular complexity index is 1060. The van der Waals surface area contributed by atoms with Crippen LogP contribution in [0.3, 0.4) is 0 Å². The van der Waals surface area contributed by atoms with Crippen molar-refractivity contribution >= 4 is 22.4 Å². The van der Waals surface area contributed by atoms with Gasteiger partial charge in [0, 0.05) is 24.8 Å². The maximum Gasteiger partial charge on any atom is 0.261 e. The van der Waals surface area contributed by atoms with Crippen LogP contribution in [0.4, 0.5) is 11.5 Å². The molecule has 3 aromatic rings. The van der Waals surface area contributed by atoms with E-state index in [9.17, 15) is 4.79 Å². The van der Waals surface area contributed by atoms with Crippen LogP contribution in [0.15, 0.2) is 41.3 Å². The molecule has 1 aliphatic rings. The standard InChI is InChI=1S/C20H22N6O/c1-22-15-7-2-3-8-16(15)26-17-9-10-23-20(27)18(17)19(25-26)24-14-6-4-5-13(11-14)12-21/h4-6,9-11,15-16H,2-3,7-8,12,21H2,(H,23,27)(H,24,25)/t15-,16-/m0/s1. The number of aromatic nitrogens is 3. The van der Waals surface area contributed by atoms with Crippen molar-refractivity contribution in [2.45, 2.75) is 44.3 Å². The molecule has 1 aromatic carbocycles. The fourth-order valence-electron chi connectivity index (χ4n) is 3.88. The monoisotopic (exact) mass is 362 g/mol. The van der Waals surface area contributed by atoms with E-state index < -0.39 is 0 Å². The topological polar surface area (TPSA) is 93.1 Å². The lowest BCUT2D eigenvalue weighted by molar-refractivity contribution is 0.321. The second kappa shape index (κ2) is 7.25. The van der Waals surface area contributed by atoms with E-state index in [2.05, 4.69) is 15.1 Å². The van der Waals surface area contributed by atoms with Crippen LogP contribution in [-0.4, -0.2) is 20.8 Å². The summed E-state index contributed by atoms with van der Waals surface area (Å²) < 4.78 is 1.88. The van der Waals surface area contributed by atoms with Gasteiger partial charge in [0.15, 0.2) is 5.82 Å². The highest BCUT2D eigenvalue weighted by molar-refractivity contribution is 5.91. The van der Waals surface area contributed by atoms with E-state index in [1.165, 1.54) is 0 Å². The van der Waals surface area contributed by atoms with Crippen molar-refractivity contribution in [1.29, 1.82) is 0 Å². The largest absolute Gasteiger partial charge is 0.338 e. The summed E-state index contributed by atoms with van der Waals surface area (Å²) in [6.07, 6.45) is 5.55. The quantitative estimate of drug-likeness (QED) is 0.621. The Kier molecular flexibility index (Phi) is 4.65. The van der Waals surface area contributed by atoms with Crippen LogP contribution in [0.25, 0.3) is 15.7 Å². The molecule has 1 fully saturated rings. The van der Waals surface area contributed by atoms with E-state index in [0.717, 1.165) is 42.5 Å². The summed E-state index contributed by atoms with van der Waals surface area (Å²) >= 11 is 0. The molecule has 1 saturated carbocycles. The highest BCUT2D eigenvalue weighted by Gasteiger charge is 2.33. The van der Waals surface area contributed by atoms with Crippen LogP contribution < -0.4 is 16.6 Å². The summed E-state index contributed by atoms with van der Waals surface area (Å²) in [6, 6.07) is 9.50. The molecule has 7 nitrogen and oxygen atoms in total. The number of nitrogens with zero attached hydrogens (tertiary/aromatic N) is 3. The van der Waals surface area contributed by atoms with Crippen molar-refractivity contribution in [3.8, 4) is 0 Å². The average Bonchev–Trinajstić information content (AvgIpc) is 3.07. The first-order chi connectivity index (χ1) is 13.2. The molecule has 4 N–H and O–H groups in total. The van der Waals surface area contributed by atoms with Gasteiger partial charge in [0.05, 0.1) is 5.52 Å². The van der Waals surface area contributed by atoms with Gasteiger partial charge in [-0.2, -0.15) is 5.10 Å². The molecule has 1 aliphatic carbocycles. The summed E-state index contributed by atoms with van der Waals surface area (Å²) in [4.78, 5) is 19.1. The second-order valence-corrected chi connectivity index (χ2v) is 6.94. The van der Waals surface area contributed by atoms with Crippen LogP contribution in [0.2, 0.25) is 0 Å². The van der Waals surface area contributed by atoms with Gasteiger partial charge in [-0.3, -0.25) is 9.48 Å². The average molecular weight is 362 g/mol. The minimum atomic E-state index is -0.189. The van der Waals surface area contributed by atoms with Crippen molar-refractivity contribution in [2.75, 3.05) is 5.32 Å². The zero-order valence-electron chi connectivity index (χ0n) is 15.0. The number of pyridine rings is 1. The molecule has 4 rings (SSSR count). The zero-order chi connectivity index (χ0) is 18.8. The number of hydrogen-bond donors (Lipinski definition) is 3. The van der Waals surface area contributed by atoms with Crippen molar-refractivity contribution in [3.05, 3.63) is 63.9 Å². The molecule has 0 amide bonds. The van der Waals surface area contributed by atoms with E-state index in [1.54, 1.807) is 6.20 Å². The van der Waals surface area contributed by atoms with Gasteiger partial charge in [0.1, 0.15) is 11.4 Å². The minimum absolute atomic E-state index is 0.00789. The number of hydrogen-bond acceptors (Lipinski definition) is 4. The predicted molar refractivity (Wildman–Crippen MR) is 106 cm³/mol. The lowest BCUT2D eigenvalue weighted by atomic mass is 9.91. The van der Waals surface area contributed by atoms with Crippen molar-refractivity contribution in [1.82, 2.24) is 14.8 Å². The SMILES string of the molecule is [C-]#[N+][C@H]1CCCC[C@@H]1n1nc(Nc2cccc(CN)c2)c2c(=O)[nH]ccc21. The Hall–Kier alpha value is -3.11. The lowest BCUT2D eigenvalue weighted by Gasteiger charge is -2.24. The summed E-state index contributed by atoms with van der Waals surface area (Å²) in [5.74, 6) is 0.510. The zero-order valence-corrected chi connectivity index (χ0v) is 15.0. The predicted octanol–water partition coefficient (Wildman–Crippen LogP) is 3.33. The van der Waals surface area contributed by atoms with Crippen LogP contribution in [0.5, 0.6) is 0 Å². The second-order valence-electron chi connectivity index (χ2n) is 6.94. The number of H-pyrrole nitrogens is 1. The van der Waals surface area contributed by atoms with Crippen LogP contribution >= 0.6 is 0 Å². The van der Waals surface area contributed by atoms with E-state index in [4.69, 9.17) is 17.4 Å². The number of nitrogens with two attached hydrogens (primary N) is 1. The number of rotatable bonds is 4. The van der Waals surface area contributed by atoms with Gasteiger partial charge in [-0.25, -0.2) is 6.57 Å². The summed E-state index contributed by atoms with van der Waals surface area (Å²) in [5.41, 5.74) is 8.13. The summed E-state index contributed by atoms with van der Waals surface area (Å²) in [7, 11) is 0. The van der Waals surface area contributed by atoms with Crippen molar-refractivity contribution in [3.63, 3.8) is 0 Å². The van der Waals surface area contributed by atoms with Gasteiger partial charge >= 0.3 is 0 Å². The maximum absolute atomic E-state index is 12.5. The Balaban J connectivity index is 1.81. The molecule has 0 bridgehead atoms. The molecule has 7 heteroatoms. The fraction of sp³-hybridized carbons (Fsp3) is 0.350. The van der Waals surface area contributed by atoms with Gasteiger partial charge in [-0.05, 0) is 36.6 Å². The molecular weight excluding hydrogens is 340 g/mol. The van der Waals surface area contributed by atoms with Gasteiger partial charge in [-0.1, -0.05) is 18.6 Å². The molecule has 2 atom stereocenters. The molecule has 0 radical (unpaired) electrons. The number of benzene rings is 1. The third-order valence-corrected chi connectivity index (χ3v) is 5.23. The van der Waals surface area contributed by atoms with Gasteiger partial charge in [0.2, 0.25) is 6.04 Å². The fourth-order valence-corrected chi connectivity index (χ4v) is 3.88. The summed E-state index contributed by atoms with van der Waals surface area (Å²) in [6.45, 7) is 7.99. The number of fused-ring (bicyclic) bond motifs is 1. The van der Waals surface area contributed by atoms with E-state index in [0.29, 0.717) is 17.7 Å². The molecule has 2 heterocycles. The van der Waals surface area contributed by atoms with Gasteiger partial charge in [0.25, 0.3) is 5.56 Å². The highest BCUT2D eigenvalue weighted by Crippen LogP contribution is 2.34. The van der Waals surface area contributed by atoms with Crippen molar-refractivity contribution in [2.24, 2.45) is 5.73 Å². The van der Waals surface area contributed by atoms with Gasteiger partial charge < -0.3 is 20.9 Å². The Morgan fingerprint density at radius 1 is 1.33 bits per heavy atom. The summed E-state index contributed by atoms with van der Waals surface area (Å²) in [5, 5.41) is 8.52. The molecule has 0 unspecified atom stereocenters. The van der Waals surface area contributed by atoms with Crippen LogP contribution in [0, 0.1) is 6.57 Å². The molecule has 0 spiro atoms. The maximum atomic E-state index is 12.5. The van der Waals surface area contributed by atoms with E-state index >= 15 is 0 Å². The normalized spacial score (nSPS) is 19.7. The molecule has 0 aliphatic heterocycles. The molecular formula is C20H22N6O. The molecule has 2 aromatic heterocycles. The number of anilines is 2. The highest BCUT2D eigenvalue weighted by atomic mass is 16.1. The van der Waals surface area contributed by atoms with E-state index in [-0.39, 0.29) is 17.6 Å².